The van der Waals surface area contributed by atoms with E-state index in [1.54, 1.807) is 14.1 Å². The molecule has 0 radical (unpaired) electrons. The van der Waals surface area contributed by atoms with E-state index in [0.717, 1.165) is 6.08 Å². The van der Waals surface area contributed by atoms with Crippen LogP contribution in [-0.2, 0) is 14.3 Å². The lowest BCUT2D eigenvalue weighted by molar-refractivity contribution is -0.906. The first kappa shape index (κ1) is 17.3. The van der Waals surface area contributed by atoms with Crippen molar-refractivity contribution in [3.8, 4) is 0 Å². The minimum Gasteiger partial charge on any atom is -1.00 e. The smallest absolute Gasteiger partial charge is 0.359 e. The van der Waals surface area contributed by atoms with E-state index in [2.05, 4.69) is 6.58 Å². The van der Waals surface area contributed by atoms with Gasteiger partial charge < -0.3 is 26.7 Å². The first-order valence-corrected chi connectivity index (χ1v) is 4.63. The molecule has 0 rings (SSSR count). The topological polar surface area (TPSA) is 63.6 Å². The van der Waals surface area contributed by atoms with Gasteiger partial charge in [0, 0.05) is 6.08 Å². The van der Waals surface area contributed by atoms with Gasteiger partial charge in [-0.25, -0.2) is 9.59 Å². The second-order valence-electron chi connectivity index (χ2n) is 4.01. The number of carbonyl (C=O) groups is 2. The van der Waals surface area contributed by atoms with Gasteiger partial charge in [-0.3, -0.25) is 0 Å². The molecule has 0 aliphatic carbocycles. The fourth-order valence-corrected chi connectivity index (χ4v) is 0.968. The molecule has 0 aliphatic rings. The van der Waals surface area contributed by atoms with Gasteiger partial charge in [-0.2, -0.15) is 0 Å². The lowest BCUT2D eigenvalue weighted by Crippen LogP contribution is -3.00. The minimum absolute atomic E-state index is 0. The minimum atomic E-state index is -0.873. The van der Waals surface area contributed by atoms with E-state index in [0.29, 0.717) is 0 Å². The third kappa shape index (κ3) is 6.42. The summed E-state index contributed by atoms with van der Waals surface area (Å²) in [7, 11) is 3.56. The van der Waals surface area contributed by atoms with Gasteiger partial charge in [0.2, 0.25) is 0 Å². The molecule has 0 amide bonds. The van der Waals surface area contributed by atoms with E-state index in [-0.39, 0.29) is 36.1 Å². The van der Waals surface area contributed by atoms with Crippen molar-refractivity contribution in [1.29, 1.82) is 0 Å². The Balaban J connectivity index is 0. The average molecular weight is 252 g/mol. The summed E-state index contributed by atoms with van der Waals surface area (Å²) < 4.78 is 5.12. The second-order valence-corrected chi connectivity index (χ2v) is 4.01. The Morgan fingerprint density at radius 2 is 2.00 bits per heavy atom. The van der Waals surface area contributed by atoms with Gasteiger partial charge in [-0.05, 0) is 6.92 Å². The van der Waals surface area contributed by atoms with Crippen LogP contribution < -0.4 is 12.4 Å². The molecular weight excluding hydrogens is 234 g/mol. The third-order valence-corrected chi connectivity index (χ3v) is 2.37. The zero-order valence-corrected chi connectivity index (χ0v) is 10.5. The van der Waals surface area contributed by atoms with Crippen LogP contribution in [0.3, 0.4) is 0 Å². The molecule has 0 aromatic rings. The number of aliphatic carboxylic acids is 1. The van der Waals surface area contributed by atoms with Gasteiger partial charge >= 0.3 is 11.9 Å². The molecule has 0 spiro atoms. The molecule has 1 unspecified atom stereocenters. The average Bonchev–Trinajstić information content (AvgIpc) is 2.11. The van der Waals surface area contributed by atoms with Crippen LogP contribution in [0.25, 0.3) is 0 Å². The molecule has 1 atom stereocenters. The third-order valence-electron chi connectivity index (χ3n) is 2.37. The molecular formula is C10H18ClNO4. The molecule has 0 saturated heterocycles. The van der Waals surface area contributed by atoms with Gasteiger partial charge in [0.15, 0.2) is 6.54 Å². The molecule has 0 aromatic heterocycles. The summed E-state index contributed by atoms with van der Waals surface area (Å²) in [6.45, 7) is 5.29. The Morgan fingerprint density at radius 3 is 2.38 bits per heavy atom. The van der Waals surface area contributed by atoms with Gasteiger partial charge in [0.25, 0.3) is 0 Å². The van der Waals surface area contributed by atoms with Crippen LogP contribution in [0.4, 0.5) is 0 Å². The number of nitrogens with zero attached hydrogens (tertiary/aromatic N) is 1. The molecule has 16 heavy (non-hydrogen) atoms. The number of ether oxygens (including phenoxy) is 1. The number of hydrogen-bond acceptors (Lipinski definition) is 3. The van der Waals surface area contributed by atoms with Crippen molar-refractivity contribution in [3.63, 3.8) is 0 Å². The van der Waals surface area contributed by atoms with E-state index in [1.165, 1.54) is 0 Å². The molecule has 0 heterocycles. The summed E-state index contributed by atoms with van der Waals surface area (Å²) in [5.74, 6) is -1.36. The Kier molecular flexibility index (Phi) is 7.85. The van der Waals surface area contributed by atoms with Gasteiger partial charge in [0.1, 0.15) is 12.6 Å². The van der Waals surface area contributed by atoms with Crippen LogP contribution in [-0.4, -0.2) is 54.8 Å². The molecule has 0 aliphatic heterocycles. The SMILES string of the molecule is C=CC(=O)OCC(C)[N+](C)(C)CC(=O)O.[Cl-]. The number of carboxylic acid groups (broad SMARTS) is 1. The Labute approximate surface area is 102 Å². The van der Waals surface area contributed by atoms with E-state index in [1.807, 2.05) is 6.92 Å². The van der Waals surface area contributed by atoms with Crippen molar-refractivity contribution >= 4 is 11.9 Å². The molecule has 94 valence electrons. The van der Waals surface area contributed by atoms with Crippen LogP contribution in [0.5, 0.6) is 0 Å². The predicted molar refractivity (Wildman–Crippen MR) is 55.2 cm³/mol. The normalized spacial score (nSPS) is 12.2. The maximum atomic E-state index is 10.8. The predicted octanol–water partition coefficient (Wildman–Crippen LogP) is -2.73. The van der Waals surface area contributed by atoms with Crippen molar-refractivity contribution in [1.82, 2.24) is 0 Å². The number of esters is 1. The van der Waals surface area contributed by atoms with E-state index < -0.39 is 11.9 Å². The molecule has 1 N–H and O–H groups in total. The van der Waals surface area contributed by atoms with Crippen molar-refractivity contribution in [2.24, 2.45) is 0 Å². The van der Waals surface area contributed by atoms with Crippen molar-refractivity contribution in [2.45, 2.75) is 13.0 Å². The summed E-state index contributed by atoms with van der Waals surface area (Å²) in [5.41, 5.74) is 0. The Hall–Kier alpha value is -1.07. The maximum absolute atomic E-state index is 10.8. The summed E-state index contributed by atoms with van der Waals surface area (Å²) >= 11 is 0. The lowest BCUT2D eigenvalue weighted by atomic mass is 10.2. The van der Waals surface area contributed by atoms with Gasteiger partial charge in [0.05, 0.1) is 14.1 Å². The standard InChI is InChI=1S/C10H17NO4.ClH/c1-5-10(14)15-7-8(2)11(3,4)6-9(12)13;/h5,8H,1,6-7H2,2-4H3;1H. The van der Waals surface area contributed by atoms with Crippen LogP contribution in [0.15, 0.2) is 12.7 Å². The number of carboxylic acids is 1. The second kappa shape index (κ2) is 7.24. The molecule has 6 heteroatoms. The molecule has 0 aromatic carbocycles. The van der Waals surface area contributed by atoms with Crippen LogP contribution in [0.2, 0.25) is 0 Å². The fraction of sp³-hybridized carbons (Fsp3) is 0.600. The summed E-state index contributed by atoms with van der Waals surface area (Å²) in [6.07, 6.45) is 1.09. The van der Waals surface area contributed by atoms with Crippen molar-refractivity contribution in [3.05, 3.63) is 12.7 Å². The molecule has 5 nitrogen and oxygen atoms in total. The highest BCUT2D eigenvalue weighted by molar-refractivity contribution is 5.81. The zero-order valence-electron chi connectivity index (χ0n) is 9.77. The van der Waals surface area contributed by atoms with Crippen molar-refractivity contribution in [2.75, 3.05) is 27.2 Å². The molecule has 0 saturated carbocycles. The first-order chi connectivity index (χ1) is 6.79. The quantitative estimate of drug-likeness (QED) is 0.316. The highest BCUT2D eigenvalue weighted by Crippen LogP contribution is 2.06. The Morgan fingerprint density at radius 1 is 1.50 bits per heavy atom. The summed E-state index contributed by atoms with van der Waals surface area (Å²) in [5, 5.41) is 8.68. The number of rotatable bonds is 6. The summed E-state index contributed by atoms with van der Waals surface area (Å²) in [6, 6.07) is -0.0787. The van der Waals surface area contributed by atoms with Crippen LogP contribution in [0, 0.1) is 0 Å². The van der Waals surface area contributed by atoms with E-state index in [4.69, 9.17) is 9.84 Å². The monoisotopic (exact) mass is 251 g/mol. The first-order valence-electron chi connectivity index (χ1n) is 4.63. The fourth-order valence-electron chi connectivity index (χ4n) is 0.968. The number of carbonyl (C=O) groups excluding carboxylic acids is 1. The highest BCUT2D eigenvalue weighted by Gasteiger charge is 2.27. The maximum Gasteiger partial charge on any atom is 0.359 e. The van der Waals surface area contributed by atoms with Crippen LogP contribution in [0.1, 0.15) is 6.92 Å². The van der Waals surface area contributed by atoms with Gasteiger partial charge in [-0.15, -0.1) is 0 Å². The number of likely N-dealkylation sites (N-methyl/N-ethyl adjacent to an activating group) is 1. The van der Waals surface area contributed by atoms with Crippen molar-refractivity contribution < 1.29 is 36.3 Å². The van der Waals surface area contributed by atoms with E-state index >= 15 is 0 Å². The zero-order chi connectivity index (χ0) is 12.1. The lowest BCUT2D eigenvalue weighted by Gasteiger charge is -2.33. The largest absolute Gasteiger partial charge is 1.00 e. The van der Waals surface area contributed by atoms with Gasteiger partial charge in [-0.1, -0.05) is 6.58 Å². The molecule has 0 fully saturated rings. The number of hydrogen-bond donors (Lipinski definition) is 1. The number of quaternary nitrogens is 1. The van der Waals surface area contributed by atoms with E-state index in [9.17, 15) is 9.59 Å². The van der Waals surface area contributed by atoms with Crippen LogP contribution >= 0.6 is 0 Å². The molecule has 0 bridgehead atoms. The Bertz CT molecular complexity index is 266. The number of halogens is 1. The summed E-state index contributed by atoms with van der Waals surface area (Å²) in [4.78, 5) is 21.4. The highest BCUT2D eigenvalue weighted by atomic mass is 35.5.